The molecule has 1 heterocycles. The maximum absolute atomic E-state index is 13.1. The first-order chi connectivity index (χ1) is 9.01. The zero-order valence-corrected chi connectivity index (χ0v) is 13.4. The van der Waals surface area contributed by atoms with Gasteiger partial charge in [-0.15, -0.1) is 0 Å². The van der Waals surface area contributed by atoms with E-state index < -0.39 is 0 Å². The van der Waals surface area contributed by atoms with Gasteiger partial charge < -0.3 is 5.32 Å². The Labute approximate surface area is 129 Å². The summed E-state index contributed by atoms with van der Waals surface area (Å²) in [5.74, 6) is 1.07. The third-order valence-electron chi connectivity index (χ3n) is 2.63. The smallest absolute Gasteiger partial charge is 0.138 e. The molecule has 2 aromatic rings. The number of aryl methyl sites for hydroxylation is 1. The van der Waals surface area contributed by atoms with E-state index in [1.807, 2.05) is 13.8 Å². The van der Waals surface area contributed by atoms with Crippen LogP contribution in [-0.2, 0) is 6.42 Å². The fourth-order valence-electron chi connectivity index (χ4n) is 1.53. The van der Waals surface area contributed by atoms with Gasteiger partial charge in [-0.2, -0.15) is 0 Å². The fourth-order valence-corrected chi connectivity index (χ4v) is 2.33. The molecule has 0 aliphatic rings. The van der Waals surface area contributed by atoms with Crippen molar-refractivity contribution in [1.29, 1.82) is 0 Å². The van der Waals surface area contributed by atoms with Crippen molar-refractivity contribution in [2.45, 2.75) is 20.3 Å². The van der Waals surface area contributed by atoms with Crippen LogP contribution in [0.2, 0.25) is 5.15 Å². The number of aromatic nitrogens is 2. The number of anilines is 2. The Bertz CT molecular complexity index is 619. The molecule has 2 rings (SSSR count). The second-order valence-electron chi connectivity index (χ2n) is 4.01. The fraction of sp³-hybridized carbons (Fsp3) is 0.231. The van der Waals surface area contributed by atoms with E-state index in [9.17, 15) is 4.39 Å². The largest absolute Gasteiger partial charge is 0.339 e. The zero-order valence-electron chi connectivity index (χ0n) is 10.5. The highest BCUT2D eigenvalue weighted by atomic mass is 127. The lowest BCUT2D eigenvalue weighted by Crippen LogP contribution is -2.04. The van der Waals surface area contributed by atoms with Crippen molar-refractivity contribution >= 4 is 45.7 Å². The van der Waals surface area contributed by atoms with Gasteiger partial charge in [0.15, 0.2) is 0 Å². The topological polar surface area (TPSA) is 37.8 Å². The van der Waals surface area contributed by atoms with Crippen LogP contribution in [0.5, 0.6) is 0 Å². The van der Waals surface area contributed by atoms with Crippen LogP contribution in [0.15, 0.2) is 18.2 Å². The van der Waals surface area contributed by atoms with Gasteiger partial charge in [0, 0.05) is 15.6 Å². The molecule has 0 fully saturated rings. The molecule has 6 heteroatoms. The summed E-state index contributed by atoms with van der Waals surface area (Å²) in [5.41, 5.74) is 1.57. The molecule has 0 atom stereocenters. The molecule has 1 aromatic carbocycles. The molecule has 0 amide bonds. The molecule has 100 valence electrons. The molecule has 19 heavy (non-hydrogen) atoms. The predicted octanol–water partition coefficient (Wildman–Crippen LogP) is 4.49. The van der Waals surface area contributed by atoms with Crippen LogP contribution < -0.4 is 5.32 Å². The zero-order chi connectivity index (χ0) is 14.0. The molecule has 0 aliphatic carbocycles. The summed E-state index contributed by atoms with van der Waals surface area (Å²) in [4.78, 5) is 8.59. The Hall–Kier alpha value is -0.950. The van der Waals surface area contributed by atoms with Crippen molar-refractivity contribution in [1.82, 2.24) is 9.97 Å². The minimum atomic E-state index is -0.262. The van der Waals surface area contributed by atoms with Crippen LogP contribution in [0, 0.1) is 16.3 Å². The van der Waals surface area contributed by atoms with Crippen LogP contribution in [-0.4, -0.2) is 9.97 Å². The van der Waals surface area contributed by atoms with E-state index >= 15 is 0 Å². The van der Waals surface area contributed by atoms with E-state index in [0.29, 0.717) is 23.2 Å². The van der Waals surface area contributed by atoms with E-state index in [4.69, 9.17) is 11.6 Å². The van der Waals surface area contributed by atoms with E-state index in [0.717, 1.165) is 14.8 Å². The summed E-state index contributed by atoms with van der Waals surface area (Å²) in [6, 6.07) is 4.54. The van der Waals surface area contributed by atoms with E-state index in [1.165, 1.54) is 12.1 Å². The standard InChI is InChI=1S/C13H12ClFIN3/c1-3-11-18-12(14)7(2)13(19-11)17-10-5-4-8(15)6-9(10)16/h4-6H,3H2,1-2H3,(H,17,18,19). The maximum atomic E-state index is 13.1. The minimum Gasteiger partial charge on any atom is -0.339 e. The number of nitrogens with one attached hydrogen (secondary N) is 1. The molecule has 0 saturated carbocycles. The van der Waals surface area contributed by atoms with Crippen LogP contribution in [0.4, 0.5) is 15.9 Å². The number of benzene rings is 1. The van der Waals surface area contributed by atoms with E-state index in [2.05, 4.69) is 37.9 Å². The van der Waals surface area contributed by atoms with Crippen molar-refractivity contribution in [3.63, 3.8) is 0 Å². The van der Waals surface area contributed by atoms with Gasteiger partial charge in [-0.25, -0.2) is 14.4 Å². The summed E-state index contributed by atoms with van der Waals surface area (Å²) in [6.45, 7) is 3.81. The first kappa shape index (κ1) is 14.5. The average Bonchev–Trinajstić information content (AvgIpc) is 2.37. The molecular weight excluding hydrogens is 380 g/mol. The normalized spacial score (nSPS) is 10.6. The highest BCUT2D eigenvalue weighted by molar-refractivity contribution is 14.1. The van der Waals surface area contributed by atoms with Gasteiger partial charge in [0.1, 0.15) is 22.6 Å². The Morgan fingerprint density at radius 2 is 2.11 bits per heavy atom. The highest BCUT2D eigenvalue weighted by Crippen LogP contribution is 2.26. The molecule has 0 spiro atoms. The summed E-state index contributed by atoms with van der Waals surface area (Å²) in [5, 5.41) is 3.61. The lowest BCUT2D eigenvalue weighted by molar-refractivity contribution is 0.627. The summed E-state index contributed by atoms with van der Waals surface area (Å²) >= 11 is 8.15. The Morgan fingerprint density at radius 3 is 2.74 bits per heavy atom. The SMILES string of the molecule is CCc1nc(Cl)c(C)c(Nc2ccc(F)cc2I)n1. The summed E-state index contributed by atoms with van der Waals surface area (Å²) in [7, 11) is 0. The Morgan fingerprint density at radius 1 is 1.37 bits per heavy atom. The number of rotatable bonds is 3. The number of halogens is 3. The summed E-state index contributed by atoms with van der Waals surface area (Å²) in [6.07, 6.45) is 0.704. The Kier molecular flexibility index (Phi) is 4.57. The number of hydrogen-bond acceptors (Lipinski definition) is 3. The van der Waals surface area contributed by atoms with Gasteiger partial charge in [-0.3, -0.25) is 0 Å². The maximum Gasteiger partial charge on any atom is 0.138 e. The average molecular weight is 392 g/mol. The van der Waals surface area contributed by atoms with Crippen molar-refractivity contribution < 1.29 is 4.39 Å². The second kappa shape index (κ2) is 6.00. The first-order valence-corrected chi connectivity index (χ1v) is 7.22. The third-order valence-corrected chi connectivity index (χ3v) is 3.89. The van der Waals surface area contributed by atoms with Crippen molar-refractivity contribution in [3.8, 4) is 0 Å². The van der Waals surface area contributed by atoms with Crippen LogP contribution >= 0.6 is 34.2 Å². The molecule has 0 saturated heterocycles. The quantitative estimate of drug-likeness (QED) is 0.619. The van der Waals surface area contributed by atoms with E-state index in [-0.39, 0.29) is 5.82 Å². The van der Waals surface area contributed by atoms with Gasteiger partial charge in [0.2, 0.25) is 0 Å². The molecule has 0 unspecified atom stereocenters. The summed E-state index contributed by atoms with van der Waals surface area (Å²) < 4.78 is 13.9. The van der Waals surface area contributed by atoms with Gasteiger partial charge in [-0.05, 0) is 47.7 Å². The van der Waals surface area contributed by atoms with Crippen molar-refractivity contribution in [2.24, 2.45) is 0 Å². The number of nitrogens with zero attached hydrogens (tertiary/aromatic N) is 2. The predicted molar refractivity (Wildman–Crippen MR) is 83.6 cm³/mol. The molecule has 0 radical (unpaired) electrons. The van der Waals surface area contributed by atoms with E-state index in [1.54, 1.807) is 6.07 Å². The van der Waals surface area contributed by atoms with Gasteiger partial charge in [0.05, 0.1) is 5.69 Å². The van der Waals surface area contributed by atoms with Gasteiger partial charge >= 0.3 is 0 Å². The molecule has 3 nitrogen and oxygen atoms in total. The number of hydrogen-bond donors (Lipinski definition) is 1. The van der Waals surface area contributed by atoms with Crippen LogP contribution in [0.1, 0.15) is 18.3 Å². The highest BCUT2D eigenvalue weighted by Gasteiger charge is 2.10. The monoisotopic (exact) mass is 391 g/mol. The first-order valence-electron chi connectivity index (χ1n) is 5.76. The van der Waals surface area contributed by atoms with Gasteiger partial charge in [-0.1, -0.05) is 18.5 Å². The minimum absolute atomic E-state index is 0.262. The molecule has 0 bridgehead atoms. The lowest BCUT2D eigenvalue weighted by Gasteiger charge is -2.12. The van der Waals surface area contributed by atoms with Crippen molar-refractivity contribution in [3.05, 3.63) is 44.1 Å². The molecule has 1 N–H and O–H groups in total. The van der Waals surface area contributed by atoms with Crippen molar-refractivity contribution in [2.75, 3.05) is 5.32 Å². The second-order valence-corrected chi connectivity index (χ2v) is 5.53. The molecule has 0 aliphatic heterocycles. The molecule has 1 aromatic heterocycles. The Balaban J connectivity index is 2.40. The van der Waals surface area contributed by atoms with Crippen LogP contribution in [0.3, 0.4) is 0 Å². The third kappa shape index (κ3) is 3.33. The van der Waals surface area contributed by atoms with Gasteiger partial charge in [0.25, 0.3) is 0 Å². The van der Waals surface area contributed by atoms with Crippen LogP contribution in [0.25, 0.3) is 0 Å². The lowest BCUT2D eigenvalue weighted by atomic mass is 10.3. The molecular formula is C13H12ClFIN3.